The number of carbonyl (C=O) groups excluding carboxylic acids is 1. The van der Waals surface area contributed by atoms with E-state index in [1.807, 2.05) is 13.8 Å². The van der Waals surface area contributed by atoms with Gasteiger partial charge in [0.15, 0.2) is 0 Å². The van der Waals surface area contributed by atoms with Crippen LogP contribution in [0.5, 0.6) is 0 Å². The van der Waals surface area contributed by atoms with Crippen LogP contribution in [0.3, 0.4) is 0 Å². The van der Waals surface area contributed by atoms with Gasteiger partial charge in [0.25, 0.3) is 0 Å². The Bertz CT molecular complexity index is 448. The van der Waals surface area contributed by atoms with Gasteiger partial charge in [-0.1, -0.05) is 26.0 Å². The molecule has 4 heteroatoms. The highest BCUT2D eigenvalue weighted by molar-refractivity contribution is 7.98. The van der Waals surface area contributed by atoms with Crippen LogP contribution in [0.25, 0.3) is 0 Å². The molecule has 0 bridgehead atoms. The number of hydrogen-bond donors (Lipinski definition) is 2. The van der Waals surface area contributed by atoms with Gasteiger partial charge < -0.3 is 11.1 Å². The van der Waals surface area contributed by atoms with E-state index in [4.69, 9.17) is 5.73 Å². The van der Waals surface area contributed by atoms with E-state index >= 15 is 0 Å². The molecule has 3 nitrogen and oxygen atoms in total. The van der Waals surface area contributed by atoms with E-state index in [0.29, 0.717) is 13.1 Å². The van der Waals surface area contributed by atoms with Gasteiger partial charge in [-0.25, -0.2) is 0 Å². The van der Waals surface area contributed by atoms with E-state index in [1.54, 1.807) is 11.8 Å². The molecule has 1 aromatic rings. The zero-order valence-electron chi connectivity index (χ0n) is 13.0. The number of rotatable bonds is 7. The van der Waals surface area contributed by atoms with Crippen molar-refractivity contribution in [3.8, 4) is 0 Å². The van der Waals surface area contributed by atoms with Crippen molar-refractivity contribution in [2.45, 2.75) is 45.1 Å². The van der Waals surface area contributed by atoms with Gasteiger partial charge in [-0.3, -0.25) is 4.79 Å². The zero-order chi connectivity index (χ0) is 15.2. The van der Waals surface area contributed by atoms with Crippen molar-refractivity contribution in [2.24, 2.45) is 11.1 Å². The maximum Gasteiger partial charge on any atom is 0.227 e. The summed E-state index contributed by atoms with van der Waals surface area (Å²) in [5.41, 5.74) is 7.78. The maximum atomic E-state index is 12.4. The molecule has 0 fully saturated rings. The monoisotopic (exact) mass is 294 g/mol. The molecule has 0 spiro atoms. The third kappa shape index (κ3) is 3.76. The van der Waals surface area contributed by atoms with Crippen molar-refractivity contribution >= 4 is 17.7 Å². The van der Waals surface area contributed by atoms with E-state index in [-0.39, 0.29) is 5.91 Å². The minimum Gasteiger partial charge on any atom is -0.351 e. The lowest BCUT2D eigenvalue weighted by Crippen LogP contribution is -2.45. The number of nitrogens with two attached hydrogens (primary N) is 1. The number of thioether (sulfide) groups is 1. The zero-order valence-corrected chi connectivity index (χ0v) is 13.8. The molecule has 1 rings (SSSR count). The highest BCUT2D eigenvalue weighted by Crippen LogP contribution is 2.26. The highest BCUT2D eigenvalue weighted by atomic mass is 32.2. The fraction of sp³-hybridized carbons (Fsp3) is 0.562. The van der Waals surface area contributed by atoms with E-state index in [2.05, 4.69) is 36.7 Å². The minimum absolute atomic E-state index is 0.0672. The summed E-state index contributed by atoms with van der Waals surface area (Å²) in [6.07, 6.45) is 3.60. The maximum absolute atomic E-state index is 12.4. The Balaban J connectivity index is 2.79. The second kappa shape index (κ2) is 7.70. The molecule has 112 valence electrons. The molecular formula is C16H26N2OS. The topological polar surface area (TPSA) is 55.1 Å². The van der Waals surface area contributed by atoms with Gasteiger partial charge >= 0.3 is 0 Å². The first-order chi connectivity index (χ1) is 9.52. The number of aryl methyl sites for hydroxylation is 1. The number of nitrogens with one attached hydrogen (secondary N) is 1. The van der Waals surface area contributed by atoms with Crippen molar-refractivity contribution in [1.82, 2.24) is 5.32 Å². The molecule has 3 N–H and O–H groups in total. The minimum atomic E-state index is -0.426. The molecule has 1 amide bonds. The van der Waals surface area contributed by atoms with Gasteiger partial charge in [-0.2, -0.15) is 0 Å². The summed E-state index contributed by atoms with van der Waals surface area (Å²) in [6.45, 7) is 7.09. The van der Waals surface area contributed by atoms with Crippen LogP contribution < -0.4 is 11.1 Å². The summed E-state index contributed by atoms with van der Waals surface area (Å²) in [4.78, 5) is 13.6. The predicted molar refractivity (Wildman–Crippen MR) is 86.9 cm³/mol. The second-order valence-corrected chi connectivity index (χ2v) is 6.04. The van der Waals surface area contributed by atoms with Gasteiger partial charge in [0.05, 0.1) is 5.41 Å². The number of amides is 1. The largest absolute Gasteiger partial charge is 0.351 e. The van der Waals surface area contributed by atoms with E-state index in [0.717, 1.165) is 18.4 Å². The molecule has 0 unspecified atom stereocenters. The van der Waals surface area contributed by atoms with Gasteiger partial charge in [-0.15, -0.1) is 11.8 Å². The summed E-state index contributed by atoms with van der Waals surface area (Å²) >= 11 is 1.71. The average Bonchev–Trinajstić information content (AvgIpc) is 2.48. The molecule has 0 saturated carbocycles. The number of carbonyl (C=O) groups is 1. The van der Waals surface area contributed by atoms with E-state index < -0.39 is 5.41 Å². The van der Waals surface area contributed by atoms with Crippen LogP contribution in [0.15, 0.2) is 23.1 Å². The fourth-order valence-electron chi connectivity index (χ4n) is 2.31. The third-order valence-electron chi connectivity index (χ3n) is 4.11. The van der Waals surface area contributed by atoms with Crippen LogP contribution in [0.4, 0.5) is 0 Å². The summed E-state index contributed by atoms with van der Waals surface area (Å²) in [7, 11) is 0. The Labute approximate surface area is 126 Å². The molecular weight excluding hydrogens is 268 g/mol. The SMILES string of the molecule is CCC(CC)(CN)C(=O)NCc1ccc(C)cc1SC. The summed E-state index contributed by atoms with van der Waals surface area (Å²) < 4.78 is 0. The molecule has 1 aromatic carbocycles. The Morgan fingerprint density at radius 3 is 2.50 bits per heavy atom. The molecule has 0 heterocycles. The Kier molecular flexibility index (Phi) is 6.56. The van der Waals surface area contributed by atoms with Crippen molar-refractivity contribution in [3.05, 3.63) is 29.3 Å². The van der Waals surface area contributed by atoms with Crippen LogP contribution in [-0.4, -0.2) is 18.7 Å². The lowest BCUT2D eigenvalue weighted by Gasteiger charge is -2.28. The molecule has 20 heavy (non-hydrogen) atoms. The Morgan fingerprint density at radius 1 is 1.35 bits per heavy atom. The van der Waals surface area contributed by atoms with Crippen molar-refractivity contribution < 1.29 is 4.79 Å². The first kappa shape index (κ1) is 17.1. The van der Waals surface area contributed by atoms with Gasteiger partial charge in [0.1, 0.15) is 0 Å². The van der Waals surface area contributed by atoms with Crippen LogP contribution in [0.2, 0.25) is 0 Å². The first-order valence-electron chi connectivity index (χ1n) is 7.14. The Morgan fingerprint density at radius 2 is 2.00 bits per heavy atom. The molecule has 0 aromatic heterocycles. The Hall–Kier alpha value is -1.00. The van der Waals surface area contributed by atoms with Gasteiger partial charge in [0, 0.05) is 18.0 Å². The standard InChI is InChI=1S/C16H26N2OS/c1-5-16(6-2,11-17)15(19)18-10-13-8-7-12(3)9-14(13)20-4/h7-9H,5-6,10-11,17H2,1-4H3,(H,18,19). The summed E-state index contributed by atoms with van der Waals surface area (Å²) in [5.74, 6) is 0.0672. The summed E-state index contributed by atoms with van der Waals surface area (Å²) in [6, 6.07) is 6.32. The third-order valence-corrected chi connectivity index (χ3v) is 4.93. The lowest BCUT2D eigenvalue weighted by molar-refractivity contribution is -0.131. The van der Waals surface area contributed by atoms with Crippen LogP contribution in [0.1, 0.15) is 37.8 Å². The van der Waals surface area contributed by atoms with Crippen molar-refractivity contribution in [1.29, 1.82) is 0 Å². The highest BCUT2D eigenvalue weighted by Gasteiger charge is 2.32. The van der Waals surface area contributed by atoms with Crippen molar-refractivity contribution in [2.75, 3.05) is 12.8 Å². The van der Waals surface area contributed by atoms with Gasteiger partial charge in [-0.05, 0) is 43.2 Å². The number of hydrogen-bond acceptors (Lipinski definition) is 3. The van der Waals surface area contributed by atoms with Crippen molar-refractivity contribution in [3.63, 3.8) is 0 Å². The summed E-state index contributed by atoms with van der Waals surface area (Å²) in [5, 5.41) is 3.05. The fourth-order valence-corrected chi connectivity index (χ4v) is 3.02. The molecule has 0 aliphatic heterocycles. The van der Waals surface area contributed by atoms with Crippen LogP contribution >= 0.6 is 11.8 Å². The molecule has 0 radical (unpaired) electrons. The molecule has 0 aliphatic carbocycles. The van der Waals surface area contributed by atoms with Crippen LogP contribution in [-0.2, 0) is 11.3 Å². The first-order valence-corrected chi connectivity index (χ1v) is 8.37. The van der Waals surface area contributed by atoms with Crippen LogP contribution in [0, 0.1) is 12.3 Å². The van der Waals surface area contributed by atoms with E-state index in [9.17, 15) is 4.79 Å². The quantitative estimate of drug-likeness (QED) is 0.760. The second-order valence-electron chi connectivity index (χ2n) is 5.19. The number of benzene rings is 1. The molecule has 0 saturated heterocycles. The van der Waals surface area contributed by atoms with E-state index in [1.165, 1.54) is 10.5 Å². The molecule has 0 aliphatic rings. The average molecular weight is 294 g/mol. The predicted octanol–water partition coefficient (Wildman–Crippen LogP) is 3.10. The lowest BCUT2D eigenvalue weighted by atomic mass is 9.81. The molecule has 0 atom stereocenters. The normalized spacial score (nSPS) is 11.4. The smallest absolute Gasteiger partial charge is 0.227 e. The van der Waals surface area contributed by atoms with Gasteiger partial charge in [0.2, 0.25) is 5.91 Å².